The first-order valence-electron chi connectivity index (χ1n) is 7.75. The lowest BCUT2D eigenvalue weighted by molar-refractivity contribution is 0.204. The van der Waals surface area contributed by atoms with E-state index in [-0.39, 0.29) is 11.4 Å². The quantitative estimate of drug-likeness (QED) is 0.871. The average Bonchev–Trinajstić information content (AvgIpc) is 2.53. The predicted molar refractivity (Wildman–Crippen MR) is 85.3 cm³/mol. The van der Waals surface area contributed by atoms with Gasteiger partial charge in [0.1, 0.15) is 5.82 Å². The zero-order chi connectivity index (χ0) is 15.5. The summed E-state index contributed by atoms with van der Waals surface area (Å²) in [6.07, 6.45) is 3.98. The number of halogens is 1. The SMILES string of the molecule is Cn1ccc(C2CCN(Cc3ccc(F)cc3)CC2)cc1=O. The maximum absolute atomic E-state index is 12.9. The molecule has 0 bridgehead atoms. The summed E-state index contributed by atoms with van der Waals surface area (Å²) >= 11 is 0. The van der Waals surface area contributed by atoms with E-state index >= 15 is 0 Å². The second-order valence-electron chi connectivity index (χ2n) is 6.09. The van der Waals surface area contributed by atoms with Gasteiger partial charge in [-0.3, -0.25) is 9.69 Å². The Bertz CT molecular complexity index is 685. The lowest BCUT2D eigenvalue weighted by atomic mass is 9.90. The fourth-order valence-electron chi connectivity index (χ4n) is 3.09. The Labute approximate surface area is 130 Å². The van der Waals surface area contributed by atoms with Crippen LogP contribution in [-0.4, -0.2) is 22.6 Å². The summed E-state index contributed by atoms with van der Waals surface area (Å²) in [6, 6.07) is 10.6. The number of aromatic nitrogens is 1. The topological polar surface area (TPSA) is 25.2 Å². The van der Waals surface area contributed by atoms with Gasteiger partial charge in [-0.05, 0) is 61.2 Å². The minimum atomic E-state index is -0.187. The molecule has 3 nitrogen and oxygen atoms in total. The standard InChI is InChI=1S/C18H21FN2O/c1-20-9-6-16(12-18(20)22)15-7-10-21(11-8-15)13-14-2-4-17(19)5-3-14/h2-6,9,12,15H,7-8,10-11,13H2,1H3. The van der Waals surface area contributed by atoms with E-state index in [1.54, 1.807) is 17.7 Å². The van der Waals surface area contributed by atoms with Crippen LogP contribution in [0.3, 0.4) is 0 Å². The van der Waals surface area contributed by atoms with E-state index in [1.165, 1.54) is 12.1 Å². The van der Waals surface area contributed by atoms with Crippen LogP contribution in [0.25, 0.3) is 0 Å². The molecule has 4 heteroatoms. The normalized spacial score (nSPS) is 16.8. The van der Waals surface area contributed by atoms with Gasteiger partial charge < -0.3 is 4.57 Å². The molecule has 1 saturated heterocycles. The van der Waals surface area contributed by atoms with Gasteiger partial charge in [-0.1, -0.05) is 12.1 Å². The van der Waals surface area contributed by atoms with Gasteiger partial charge in [0.15, 0.2) is 0 Å². The van der Waals surface area contributed by atoms with Crippen molar-refractivity contribution in [2.45, 2.75) is 25.3 Å². The van der Waals surface area contributed by atoms with Crippen LogP contribution in [0.15, 0.2) is 47.4 Å². The number of hydrogen-bond donors (Lipinski definition) is 0. The van der Waals surface area contributed by atoms with Gasteiger partial charge in [0.2, 0.25) is 0 Å². The van der Waals surface area contributed by atoms with E-state index in [4.69, 9.17) is 0 Å². The molecule has 1 aliphatic heterocycles. The van der Waals surface area contributed by atoms with Crippen LogP contribution in [0.2, 0.25) is 0 Å². The summed E-state index contributed by atoms with van der Waals surface area (Å²) in [7, 11) is 1.78. The molecule has 1 fully saturated rings. The van der Waals surface area contributed by atoms with E-state index in [9.17, 15) is 9.18 Å². The van der Waals surface area contributed by atoms with Crippen molar-refractivity contribution in [3.8, 4) is 0 Å². The van der Waals surface area contributed by atoms with Gasteiger partial charge >= 0.3 is 0 Å². The number of rotatable bonds is 3. The highest BCUT2D eigenvalue weighted by atomic mass is 19.1. The second kappa shape index (κ2) is 6.44. The van der Waals surface area contributed by atoms with E-state index in [2.05, 4.69) is 11.0 Å². The van der Waals surface area contributed by atoms with Crippen LogP contribution in [-0.2, 0) is 13.6 Å². The minimum Gasteiger partial charge on any atom is -0.319 e. The highest BCUT2D eigenvalue weighted by molar-refractivity contribution is 5.18. The summed E-state index contributed by atoms with van der Waals surface area (Å²) in [5.41, 5.74) is 2.37. The molecule has 0 N–H and O–H groups in total. The van der Waals surface area contributed by atoms with E-state index in [0.29, 0.717) is 5.92 Å². The Kier molecular flexibility index (Phi) is 4.39. The van der Waals surface area contributed by atoms with Crippen LogP contribution >= 0.6 is 0 Å². The van der Waals surface area contributed by atoms with Crippen molar-refractivity contribution in [2.75, 3.05) is 13.1 Å². The van der Waals surface area contributed by atoms with Crippen LogP contribution < -0.4 is 5.56 Å². The second-order valence-corrected chi connectivity index (χ2v) is 6.09. The summed E-state index contributed by atoms with van der Waals surface area (Å²) in [4.78, 5) is 14.1. The van der Waals surface area contributed by atoms with E-state index < -0.39 is 0 Å². The molecular weight excluding hydrogens is 279 g/mol. The number of aryl methyl sites for hydroxylation is 1. The summed E-state index contributed by atoms with van der Waals surface area (Å²) in [5.74, 6) is 0.284. The minimum absolute atomic E-state index is 0.0613. The Morgan fingerprint density at radius 2 is 1.82 bits per heavy atom. The lowest BCUT2D eigenvalue weighted by Gasteiger charge is -2.32. The molecule has 0 saturated carbocycles. The van der Waals surface area contributed by atoms with Crippen molar-refractivity contribution in [3.63, 3.8) is 0 Å². The molecule has 0 spiro atoms. The molecule has 116 valence electrons. The molecule has 3 rings (SSSR count). The zero-order valence-corrected chi connectivity index (χ0v) is 12.8. The smallest absolute Gasteiger partial charge is 0.250 e. The van der Waals surface area contributed by atoms with Gasteiger partial charge in [0, 0.05) is 25.9 Å². The summed E-state index contributed by atoms with van der Waals surface area (Å²) in [6.45, 7) is 2.89. The van der Waals surface area contributed by atoms with Gasteiger partial charge in [-0.25, -0.2) is 4.39 Å². The van der Waals surface area contributed by atoms with Gasteiger partial charge in [0.25, 0.3) is 5.56 Å². The number of pyridine rings is 1. The fourth-order valence-corrected chi connectivity index (χ4v) is 3.09. The van der Waals surface area contributed by atoms with Crippen LogP contribution in [0.5, 0.6) is 0 Å². The summed E-state index contributed by atoms with van der Waals surface area (Å²) < 4.78 is 14.5. The molecule has 0 atom stereocenters. The fraction of sp³-hybridized carbons (Fsp3) is 0.389. The number of piperidine rings is 1. The van der Waals surface area contributed by atoms with Crippen molar-refractivity contribution < 1.29 is 4.39 Å². The first kappa shape index (κ1) is 15.0. The maximum atomic E-state index is 12.9. The van der Waals surface area contributed by atoms with E-state index in [1.807, 2.05) is 18.3 Å². The Hall–Kier alpha value is -1.94. The molecule has 0 amide bonds. The van der Waals surface area contributed by atoms with Gasteiger partial charge in [-0.2, -0.15) is 0 Å². The maximum Gasteiger partial charge on any atom is 0.250 e. The number of hydrogen-bond acceptors (Lipinski definition) is 2. The highest BCUT2D eigenvalue weighted by Crippen LogP contribution is 2.27. The van der Waals surface area contributed by atoms with Gasteiger partial charge in [-0.15, -0.1) is 0 Å². The molecule has 0 unspecified atom stereocenters. The summed E-state index contributed by atoms with van der Waals surface area (Å²) in [5, 5.41) is 0. The molecule has 1 aromatic heterocycles. The van der Waals surface area contributed by atoms with Crippen LogP contribution in [0.1, 0.15) is 29.9 Å². The lowest BCUT2D eigenvalue weighted by Crippen LogP contribution is -2.32. The third-order valence-electron chi connectivity index (χ3n) is 4.51. The van der Waals surface area contributed by atoms with Crippen molar-refractivity contribution in [3.05, 3.63) is 69.9 Å². The predicted octanol–water partition coefficient (Wildman–Crippen LogP) is 2.90. The molecule has 2 aromatic rings. The zero-order valence-electron chi connectivity index (χ0n) is 12.8. The molecule has 0 aliphatic carbocycles. The highest BCUT2D eigenvalue weighted by Gasteiger charge is 2.21. The third-order valence-corrected chi connectivity index (χ3v) is 4.51. The number of nitrogens with zero attached hydrogens (tertiary/aromatic N) is 2. The largest absolute Gasteiger partial charge is 0.319 e. The van der Waals surface area contributed by atoms with Crippen molar-refractivity contribution in [1.82, 2.24) is 9.47 Å². The third kappa shape index (κ3) is 3.45. The van der Waals surface area contributed by atoms with Crippen LogP contribution in [0, 0.1) is 5.82 Å². The Morgan fingerprint density at radius 1 is 1.14 bits per heavy atom. The molecule has 1 aliphatic rings. The van der Waals surface area contributed by atoms with E-state index in [0.717, 1.165) is 43.6 Å². The first-order chi connectivity index (χ1) is 10.6. The van der Waals surface area contributed by atoms with Gasteiger partial charge in [0.05, 0.1) is 0 Å². The molecule has 22 heavy (non-hydrogen) atoms. The Balaban J connectivity index is 1.59. The molecule has 2 heterocycles. The number of benzene rings is 1. The van der Waals surface area contributed by atoms with Crippen LogP contribution in [0.4, 0.5) is 4.39 Å². The number of likely N-dealkylation sites (tertiary alicyclic amines) is 1. The molecule has 0 radical (unpaired) electrons. The van der Waals surface area contributed by atoms with Crippen molar-refractivity contribution >= 4 is 0 Å². The average molecular weight is 300 g/mol. The Morgan fingerprint density at radius 3 is 2.45 bits per heavy atom. The molecular formula is C18H21FN2O. The molecule has 1 aromatic carbocycles. The first-order valence-corrected chi connectivity index (χ1v) is 7.75. The van der Waals surface area contributed by atoms with Crippen molar-refractivity contribution in [2.24, 2.45) is 7.05 Å². The monoisotopic (exact) mass is 300 g/mol. The van der Waals surface area contributed by atoms with Crippen molar-refractivity contribution in [1.29, 1.82) is 0 Å².